The molecule has 0 radical (unpaired) electrons. The lowest BCUT2D eigenvalue weighted by molar-refractivity contribution is -0.127. The molecule has 4 nitrogen and oxygen atoms in total. The van der Waals surface area contributed by atoms with Gasteiger partial charge in [0.15, 0.2) is 0 Å². The van der Waals surface area contributed by atoms with Crippen molar-refractivity contribution in [1.82, 2.24) is 5.32 Å². The quantitative estimate of drug-likeness (QED) is 0.943. The van der Waals surface area contributed by atoms with E-state index in [2.05, 4.69) is 5.32 Å². The lowest BCUT2D eigenvalue weighted by Crippen LogP contribution is -2.38. The van der Waals surface area contributed by atoms with Crippen LogP contribution in [0, 0.1) is 12.8 Å². The number of hydrogen-bond donors (Lipinski definition) is 1. The van der Waals surface area contributed by atoms with Crippen molar-refractivity contribution in [1.29, 1.82) is 0 Å². The highest BCUT2D eigenvalue weighted by molar-refractivity contribution is 5.80. The summed E-state index contributed by atoms with van der Waals surface area (Å²) in [5.41, 5.74) is 1.09. The average Bonchev–Trinajstić information content (AvgIpc) is 2.93. The van der Waals surface area contributed by atoms with Gasteiger partial charge >= 0.3 is 0 Å². The number of rotatable bonds is 3. The zero-order valence-electron chi connectivity index (χ0n) is 12.3. The van der Waals surface area contributed by atoms with Gasteiger partial charge in [0, 0.05) is 0 Å². The molecule has 4 heteroatoms. The number of nitrogens with one attached hydrogen (secondary N) is 1. The Kier molecular flexibility index (Phi) is 3.69. The van der Waals surface area contributed by atoms with E-state index in [1.807, 2.05) is 50.2 Å². The molecule has 1 N–H and O–H groups in total. The molecule has 0 bridgehead atoms. The summed E-state index contributed by atoms with van der Waals surface area (Å²) in [5.74, 6) is 2.36. The van der Waals surface area contributed by atoms with Crippen LogP contribution < -0.4 is 10.1 Å². The van der Waals surface area contributed by atoms with Crippen LogP contribution in [0.3, 0.4) is 0 Å². The lowest BCUT2D eigenvalue weighted by atomic mass is 9.96. The molecule has 110 valence electrons. The second-order valence-electron chi connectivity index (χ2n) is 5.50. The molecule has 0 spiro atoms. The number of furan rings is 1. The van der Waals surface area contributed by atoms with E-state index in [1.165, 1.54) is 0 Å². The van der Waals surface area contributed by atoms with Gasteiger partial charge in [-0.3, -0.25) is 4.79 Å². The molecule has 0 fully saturated rings. The fourth-order valence-electron chi connectivity index (χ4n) is 2.58. The van der Waals surface area contributed by atoms with Crippen LogP contribution in [0.2, 0.25) is 0 Å². The summed E-state index contributed by atoms with van der Waals surface area (Å²) in [6.07, 6.45) is 0.714. The molecule has 2 aromatic rings. The topological polar surface area (TPSA) is 51.5 Å². The summed E-state index contributed by atoms with van der Waals surface area (Å²) < 4.78 is 11.2. The Labute approximate surface area is 124 Å². The number of fused-ring (bicyclic) bond motifs is 1. The number of ether oxygens (including phenoxy) is 1. The second-order valence-corrected chi connectivity index (χ2v) is 5.50. The highest BCUT2D eigenvalue weighted by Crippen LogP contribution is 2.27. The van der Waals surface area contributed by atoms with E-state index in [1.54, 1.807) is 0 Å². The van der Waals surface area contributed by atoms with Crippen molar-refractivity contribution < 1.29 is 13.9 Å². The van der Waals surface area contributed by atoms with Gasteiger partial charge in [0.25, 0.3) is 0 Å². The third-order valence-electron chi connectivity index (χ3n) is 3.80. The summed E-state index contributed by atoms with van der Waals surface area (Å²) in [5, 5.41) is 3.00. The van der Waals surface area contributed by atoms with E-state index < -0.39 is 0 Å². The Balaban J connectivity index is 1.64. The minimum Gasteiger partial charge on any atom is -0.492 e. The smallest absolute Gasteiger partial charge is 0.227 e. The first kappa shape index (κ1) is 13.7. The van der Waals surface area contributed by atoms with Crippen molar-refractivity contribution in [3.63, 3.8) is 0 Å². The van der Waals surface area contributed by atoms with Crippen LogP contribution in [0.4, 0.5) is 0 Å². The highest BCUT2D eigenvalue weighted by atomic mass is 16.5. The molecular formula is C17H19NO3. The van der Waals surface area contributed by atoms with Gasteiger partial charge in [-0.15, -0.1) is 0 Å². The molecule has 0 saturated heterocycles. The largest absolute Gasteiger partial charge is 0.492 e. The first-order valence-electron chi connectivity index (χ1n) is 7.21. The van der Waals surface area contributed by atoms with Crippen LogP contribution in [0.5, 0.6) is 5.75 Å². The fraction of sp³-hybridized carbons (Fsp3) is 0.353. The molecule has 0 aliphatic carbocycles. The number of carbonyl (C=O) groups is 1. The summed E-state index contributed by atoms with van der Waals surface area (Å²) in [6.45, 7) is 4.24. The van der Waals surface area contributed by atoms with Crippen molar-refractivity contribution in [2.24, 2.45) is 5.92 Å². The van der Waals surface area contributed by atoms with Crippen LogP contribution in [0.15, 0.2) is 40.8 Å². The normalized spacial score (nSPS) is 18.5. The van der Waals surface area contributed by atoms with Crippen LogP contribution in [-0.2, 0) is 11.2 Å². The van der Waals surface area contributed by atoms with Crippen molar-refractivity contribution in [2.45, 2.75) is 26.3 Å². The van der Waals surface area contributed by atoms with Crippen LogP contribution in [-0.4, -0.2) is 12.5 Å². The molecule has 1 aliphatic heterocycles. The van der Waals surface area contributed by atoms with Gasteiger partial charge in [-0.05, 0) is 44.0 Å². The lowest BCUT2D eigenvalue weighted by Gasteiger charge is -2.25. The van der Waals surface area contributed by atoms with Crippen molar-refractivity contribution in [3.05, 3.63) is 53.5 Å². The SMILES string of the molecule is Cc1ccc(C(C)NC(=O)C2COc3ccccc3C2)o1. The summed E-state index contributed by atoms with van der Waals surface area (Å²) in [4.78, 5) is 12.4. The Morgan fingerprint density at radius 2 is 2.10 bits per heavy atom. The minimum atomic E-state index is -0.154. The van der Waals surface area contributed by atoms with E-state index in [9.17, 15) is 4.79 Å². The molecule has 3 rings (SSSR count). The van der Waals surface area contributed by atoms with Gasteiger partial charge in [0.2, 0.25) is 5.91 Å². The fourth-order valence-corrected chi connectivity index (χ4v) is 2.58. The summed E-state index contributed by atoms with van der Waals surface area (Å²) in [7, 11) is 0. The van der Waals surface area contributed by atoms with E-state index in [0.29, 0.717) is 13.0 Å². The maximum atomic E-state index is 12.4. The average molecular weight is 285 g/mol. The van der Waals surface area contributed by atoms with Crippen molar-refractivity contribution in [2.75, 3.05) is 6.61 Å². The van der Waals surface area contributed by atoms with Gasteiger partial charge in [0.05, 0.1) is 12.0 Å². The van der Waals surface area contributed by atoms with Crippen LogP contribution >= 0.6 is 0 Å². The van der Waals surface area contributed by atoms with Gasteiger partial charge in [0.1, 0.15) is 23.9 Å². The number of carbonyl (C=O) groups excluding carboxylic acids is 1. The third-order valence-corrected chi connectivity index (χ3v) is 3.80. The number of benzene rings is 1. The monoisotopic (exact) mass is 285 g/mol. The molecular weight excluding hydrogens is 266 g/mol. The van der Waals surface area contributed by atoms with E-state index in [-0.39, 0.29) is 17.9 Å². The molecule has 1 amide bonds. The van der Waals surface area contributed by atoms with Gasteiger partial charge in [-0.25, -0.2) is 0 Å². The number of amides is 1. The summed E-state index contributed by atoms with van der Waals surface area (Å²) >= 11 is 0. The van der Waals surface area contributed by atoms with Crippen LogP contribution in [0.25, 0.3) is 0 Å². The Morgan fingerprint density at radius 3 is 2.86 bits per heavy atom. The van der Waals surface area contributed by atoms with Crippen LogP contribution in [0.1, 0.15) is 30.0 Å². The van der Waals surface area contributed by atoms with Gasteiger partial charge in [-0.2, -0.15) is 0 Å². The molecule has 21 heavy (non-hydrogen) atoms. The Bertz CT molecular complexity index is 647. The zero-order chi connectivity index (χ0) is 14.8. The number of hydrogen-bond acceptors (Lipinski definition) is 3. The third kappa shape index (κ3) is 2.94. The maximum Gasteiger partial charge on any atom is 0.227 e. The van der Waals surface area contributed by atoms with E-state index >= 15 is 0 Å². The molecule has 1 aromatic carbocycles. The molecule has 2 unspecified atom stereocenters. The standard InChI is InChI=1S/C17H19NO3/c1-11-7-8-15(21-11)12(2)18-17(19)14-9-13-5-3-4-6-16(13)20-10-14/h3-8,12,14H,9-10H2,1-2H3,(H,18,19). The molecule has 2 heterocycles. The zero-order valence-corrected chi connectivity index (χ0v) is 12.3. The van der Waals surface area contributed by atoms with Crippen molar-refractivity contribution >= 4 is 5.91 Å². The predicted molar refractivity (Wildman–Crippen MR) is 79.1 cm³/mol. The maximum absolute atomic E-state index is 12.4. The summed E-state index contributed by atoms with van der Waals surface area (Å²) in [6, 6.07) is 11.5. The second kappa shape index (κ2) is 5.64. The van der Waals surface area contributed by atoms with E-state index in [4.69, 9.17) is 9.15 Å². The minimum absolute atomic E-state index is 0.00561. The number of aryl methyl sites for hydroxylation is 1. The Hall–Kier alpha value is -2.23. The van der Waals surface area contributed by atoms with Gasteiger partial charge < -0.3 is 14.5 Å². The highest BCUT2D eigenvalue weighted by Gasteiger charge is 2.27. The Morgan fingerprint density at radius 1 is 1.29 bits per heavy atom. The number of para-hydroxylation sites is 1. The predicted octanol–water partition coefficient (Wildman–Crippen LogP) is 3.02. The van der Waals surface area contributed by atoms with E-state index in [0.717, 1.165) is 22.8 Å². The first-order valence-corrected chi connectivity index (χ1v) is 7.21. The van der Waals surface area contributed by atoms with Crippen molar-refractivity contribution in [3.8, 4) is 5.75 Å². The molecule has 2 atom stereocenters. The molecule has 0 saturated carbocycles. The first-order chi connectivity index (χ1) is 10.1. The molecule has 1 aliphatic rings. The van der Waals surface area contributed by atoms with Gasteiger partial charge in [-0.1, -0.05) is 18.2 Å². The molecule has 1 aromatic heterocycles.